The zero-order chi connectivity index (χ0) is 16.8. The predicted octanol–water partition coefficient (Wildman–Crippen LogP) is 2.84. The van der Waals surface area contributed by atoms with Gasteiger partial charge in [-0.2, -0.15) is 0 Å². The molecule has 5 nitrogen and oxygen atoms in total. The van der Waals surface area contributed by atoms with Crippen molar-refractivity contribution in [2.45, 2.75) is 51.2 Å². The molecule has 1 saturated heterocycles. The summed E-state index contributed by atoms with van der Waals surface area (Å²) in [5.41, 5.74) is 0. The lowest BCUT2D eigenvalue weighted by molar-refractivity contribution is -0.144. The molecule has 1 aromatic rings. The van der Waals surface area contributed by atoms with Crippen LogP contribution in [0.1, 0.15) is 39.0 Å². The minimum Gasteiger partial charge on any atom is -0.481 e. The monoisotopic (exact) mass is 323 g/mol. The molecule has 1 aromatic carbocycles. The summed E-state index contributed by atoms with van der Waals surface area (Å²) in [7, 11) is 0. The van der Waals surface area contributed by atoms with E-state index in [0.29, 0.717) is 18.7 Å². The largest absolute Gasteiger partial charge is 0.481 e. The molecule has 126 valence electrons. The van der Waals surface area contributed by atoms with Crippen molar-refractivity contribution in [1.29, 1.82) is 0 Å². The van der Waals surface area contributed by atoms with Crippen molar-refractivity contribution >= 4 is 11.9 Å². The Balaban J connectivity index is 1.97. The van der Waals surface area contributed by atoms with Crippen molar-refractivity contribution < 1.29 is 23.8 Å². The Labute approximate surface area is 135 Å². The van der Waals surface area contributed by atoms with E-state index in [0.717, 1.165) is 19.3 Å². The van der Waals surface area contributed by atoms with Gasteiger partial charge < -0.3 is 14.7 Å². The van der Waals surface area contributed by atoms with Gasteiger partial charge in [-0.3, -0.25) is 9.59 Å². The first-order chi connectivity index (χ1) is 11.0. The van der Waals surface area contributed by atoms with Gasteiger partial charge in [-0.25, -0.2) is 4.39 Å². The van der Waals surface area contributed by atoms with E-state index >= 15 is 0 Å². The zero-order valence-electron chi connectivity index (χ0n) is 13.2. The molecule has 1 fully saturated rings. The number of ether oxygens (including phenoxy) is 1. The van der Waals surface area contributed by atoms with Gasteiger partial charge in [0.25, 0.3) is 5.91 Å². The van der Waals surface area contributed by atoms with Crippen LogP contribution in [-0.2, 0) is 9.59 Å². The Morgan fingerprint density at radius 3 is 2.70 bits per heavy atom. The highest BCUT2D eigenvalue weighted by molar-refractivity contribution is 5.81. The van der Waals surface area contributed by atoms with E-state index in [1.807, 2.05) is 0 Å². The summed E-state index contributed by atoms with van der Waals surface area (Å²) in [5.74, 6) is -0.921. The number of carbonyl (C=O) groups is 2. The SMILES string of the molecule is CC(Oc1ccc(F)cc1)C(=O)N1CCCCC1CCC(=O)O. The third-order valence-electron chi connectivity index (χ3n) is 4.08. The number of amides is 1. The molecule has 0 saturated carbocycles. The van der Waals surface area contributed by atoms with Crippen molar-refractivity contribution in [3.63, 3.8) is 0 Å². The van der Waals surface area contributed by atoms with Crippen molar-refractivity contribution in [2.75, 3.05) is 6.54 Å². The van der Waals surface area contributed by atoms with Crippen LogP contribution in [0.25, 0.3) is 0 Å². The fraction of sp³-hybridized carbons (Fsp3) is 0.529. The standard InChI is InChI=1S/C17H22FNO4/c1-12(23-15-8-5-13(18)6-9-15)17(22)19-11-3-2-4-14(19)7-10-16(20)21/h5-6,8-9,12,14H,2-4,7,10-11H2,1H3,(H,20,21). The first-order valence-corrected chi connectivity index (χ1v) is 7.92. The number of carboxylic acids is 1. The predicted molar refractivity (Wildman–Crippen MR) is 82.7 cm³/mol. The van der Waals surface area contributed by atoms with Crippen LogP contribution in [-0.4, -0.2) is 40.6 Å². The number of halogens is 1. The van der Waals surface area contributed by atoms with E-state index in [9.17, 15) is 14.0 Å². The second kappa shape index (κ2) is 7.94. The molecule has 1 amide bonds. The molecule has 1 N–H and O–H groups in total. The second-order valence-electron chi connectivity index (χ2n) is 5.83. The lowest BCUT2D eigenvalue weighted by Gasteiger charge is -2.37. The van der Waals surface area contributed by atoms with E-state index in [-0.39, 0.29) is 24.2 Å². The average Bonchev–Trinajstić information content (AvgIpc) is 2.54. The van der Waals surface area contributed by atoms with Gasteiger partial charge in [-0.15, -0.1) is 0 Å². The number of hydrogen-bond acceptors (Lipinski definition) is 3. The maximum absolute atomic E-state index is 12.9. The van der Waals surface area contributed by atoms with Gasteiger partial charge in [0.2, 0.25) is 0 Å². The highest BCUT2D eigenvalue weighted by Gasteiger charge is 2.30. The van der Waals surface area contributed by atoms with Crippen molar-refractivity contribution in [3.8, 4) is 5.75 Å². The third-order valence-corrected chi connectivity index (χ3v) is 4.08. The molecule has 1 aliphatic heterocycles. The van der Waals surface area contributed by atoms with Crippen LogP contribution < -0.4 is 4.74 Å². The molecule has 0 spiro atoms. The summed E-state index contributed by atoms with van der Waals surface area (Å²) in [6, 6.07) is 5.48. The molecule has 0 aromatic heterocycles. The molecule has 0 radical (unpaired) electrons. The molecule has 0 aliphatic carbocycles. The summed E-state index contributed by atoms with van der Waals surface area (Å²) in [6.45, 7) is 2.29. The van der Waals surface area contributed by atoms with E-state index in [1.165, 1.54) is 24.3 Å². The Bertz CT molecular complexity index is 546. The summed E-state index contributed by atoms with van der Waals surface area (Å²) >= 11 is 0. The summed E-state index contributed by atoms with van der Waals surface area (Å²) in [4.78, 5) is 25.1. The van der Waals surface area contributed by atoms with Crippen LogP contribution in [0.15, 0.2) is 24.3 Å². The minimum atomic E-state index is -0.849. The average molecular weight is 323 g/mol. The lowest BCUT2D eigenvalue weighted by atomic mass is 9.97. The maximum atomic E-state index is 12.9. The number of carbonyl (C=O) groups excluding carboxylic acids is 1. The van der Waals surface area contributed by atoms with Crippen LogP contribution in [0.5, 0.6) is 5.75 Å². The van der Waals surface area contributed by atoms with Gasteiger partial charge in [-0.05, 0) is 56.9 Å². The van der Waals surface area contributed by atoms with E-state index in [2.05, 4.69) is 0 Å². The molecule has 6 heteroatoms. The Morgan fingerprint density at radius 1 is 1.35 bits per heavy atom. The van der Waals surface area contributed by atoms with Gasteiger partial charge in [0, 0.05) is 19.0 Å². The maximum Gasteiger partial charge on any atom is 0.303 e. The molecule has 2 atom stereocenters. The summed E-state index contributed by atoms with van der Waals surface area (Å²) in [6.07, 6.45) is 2.57. The van der Waals surface area contributed by atoms with Crippen LogP contribution in [0.2, 0.25) is 0 Å². The Hall–Kier alpha value is -2.11. The number of benzene rings is 1. The normalized spacial score (nSPS) is 19.2. The van der Waals surface area contributed by atoms with E-state index in [4.69, 9.17) is 9.84 Å². The Kier molecular flexibility index (Phi) is 5.96. The van der Waals surface area contributed by atoms with E-state index in [1.54, 1.807) is 11.8 Å². The van der Waals surface area contributed by atoms with Crippen LogP contribution >= 0.6 is 0 Å². The van der Waals surface area contributed by atoms with Gasteiger partial charge in [0.05, 0.1) is 0 Å². The summed E-state index contributed by atoms with van der Waals surface area (Å²) in [5, 5.41) is 8.84. The van der Waals surface area contributed by atoms with Crippen LogP contribution in [0, 0.1) is 5.82 Å². The fourth-order valence-electron chi connectivity index (χ4n) is 2.88. The first-order valence-electron chi connectivity index (χ1n) is 7.92. The van der Waals surface area contributed by atoms with Gasteiger partial charge in [-0.1, -0.05) is 0 Å². The first kappa shape index (κ1) is 17.2. The molecule has 0 bridgehead atoms. The fourth-order valence-corrected chi connectivity index (χ4v) is 2.88. The van der Waals surface area contributed by atoms with Crippen molar-refractivity contribution in [1.82, 2.24) is 4.90 Å². The number of likely N-dealkylation sites (tertiary alicyclic amines) is 1. The zero-order valence-corrected chi connectivity index (χ0v) is 13.2. The number of hydrogen-bond donors (Lipinski definition) is 1. The highest BCUT2D eigenvalue weighted by atomic mass is 19.1. The number of piperidine rings is 1. The number of nitrogens with zero attached hydrogens (tertiary/aromatic N) is 1. The molecule has 1 aliphatic rings. The second-order valence-corrected chi connectivity index (χ2v) is 5.83. The lowest BCUT2D eigenvalue weighted by Crippen LogP contribution is -2.49. The van der Waals surface area contributed by atoms with E-state index < -0.39 is 12.1 Å². The van der Waals surface area contributed by atoms with Crippen molar-refractivity contribution in [3.05, 3.63) is 30.1 Å². The smallest absolute Gasteiger partial charge is 0.303 e. The van der Waals surface area contributed by atoms with Gasteiger partial charge >= 0.3 is 5.97 Å². The molecular formula is C17H22FNO4. The molecule has 2 rings (SSSR count). The molecule has 2 unspecified atom stereocenters. The van der Waals surface area contributed by atoms with Crippen LogP contribution in [0.4, 0.5) is 4.39 Å². The number of rotatable bonds is 6. The van der Waals surface area contributed by atoms with Gasteiger partial charge in [0.1, 0.15) is 11.6 Å². The number of aliphatic carboxylic acids is 1. The summed E-state index contributed by atoms with van der Waals surface area (Å²) < 4.78 is 18.5. The molecule has 1 heterocycles. The quantitative estimate of drug-likeness (QED) is 0.874. The minimum absolute atomic E-state index is 0.0494. The highest BCUT2D eigenvalue weighted by Crippen LogP contribution is 2.23. The Morgan fingerprint density at radius 2 is 2.04 bits per heavy atom. The third kappa shape index (κ3) is 4.94. The van der Waals surface area contributed by atoms with Crippen LogP contribution in [0.3, 0.4) is 0 Å². The topological polar surface area (TPSA) is 66.8 Å². The number of carboxylic acid groups (broad SMARTS) is 1. The van der Waals surface area contributed by atoms with Crippen molar-refractivity contribution in [2.24, 2.45) is 0 Å². The molecular weight excluding hydrogens is 301 g/mol. The molecule has 23 heavy (non-hydrogen) atoms. The van der Waals surface area contributed by atoms with Gasteiger partial charge in [0.15, 0.2) is 6.10 Å².